The number of carbonyl (C=O) groups excluding carboxylic acids is 8. The highest BCUT2D eigenvalue weighted by molar-refractivity contribution is 6.11. The van der Waals surface area contributed by atoms with Crippen LogP contribution in [0.1, 0.15) is 241 Å². The first-order valence-electron chi connectivity index (χ1n) is 47.6. The van der Waals surface area contributed by atoms with Gasteiger partial charge < -0.3 is 115 Å². The van der Waals surface area contributed by atoms with Crippen LogP contribution >= 0.6 is 37.2 Å². The average Bonchev–Trinajstić information content (AvgIpc) is 0.882. The number of nitrogens with zero attached hydrogens (tertiary/aromatic N) is 5. The number of alkyl carbamates (subject to hydrolysis) is 5. The number of carboxylic acids is 2. The Balaban J connectivity index is -0.000000279. The van der Waals surface area contributed by atoms with Crippen molar-refractivity contribution in [3.05, 3.63) is 0 Å². The van der Waals surface area contributed by atoms with Crippen LogP contribution in [0.3, 0.4) is 0 Å². The molecule has 0 aliphatic carbocycles. The molecule has 0 aromatic rings. The SMILES string of the molecule is C.C1COCCN1.CC[C@H](C)[C@H](N)C(=O)C[C@@H](C)CN1CCOCC1.CC[C@H](C)[C@H](NC(=O)OC(C)(C)C)C(=O)C[C@@H](C)CN1CCOCC1.CC[C@H](C)[C@H](NC(=O)OC(C)(C)C)C(=O)O.C[C@@H](CN1CCOCC1)NC(=O)OC(C)(C)C.C[C@H](N)CN1CCOCC1.C[C@H](NC(=O)OC(C)(C)C)C(=O)N1CCOCC1.C[C@H](NC(=O)OC(C)(C)C)C(=O)O.Cl.Cl.Cl.[2H]CF.[B]C1CCCO1. The van der Waals surface area contributed by atoms with Crippen molar-refractivity contribution in [2.45, 2.75) is 316 Å². The average molecular weight is 2010 g/mol. The number of rotatable bonds is 28. The Bertz CT molecular complexity index is 3090. The molecule has 2 radical (unpaired) electrons. The van der Waals surface area contributed by atoms with E-state index in [-0.39, 0.29) is 116 Å². The number of carboxylic acid groups (broad SMARTS) is 2. The number of halogens is 4. The van der Waals surface area contributed by atoms with Gasteiger partial charge in [-0.2, -0.15) is 0 Å². The number of ether oxygens (including phenoxy) is 12. The van der Waals surface area contributed by atoms with Gasteiger partial charge in [0.05, 0.1) is 99.9 Å². The van der Waals surface area contributed by atoms with Gasteiger partial charge in [-0.25, -0.2) is 28.8 Å². The Labute approximate surface area is 832 Å². The normalized spacial score (nSPS) is 19.2. The third-order valence-corrected chi connectivity index (χ3v) is 19.8. The highest BCUT2D eigenvalue weighted by atomic mass is 35.5. The zero-order valence-electron chi connectivity index (χ0n) is 87.6. The van der Waals surface area contributed by atoms with E-state index in [4.69, 9.17) is 87.7 Å². The maximum absolute atomic E-state index is 12.8. The lowest BCUT2D eigenvalue weighted by Crippen LogP contribution is -2.51. The molecule has 7 fully saturated rings. The van der Waals surface area contributed by atoms with Crippen molar-refractivity contribution in [3.8, 4) is 0 Å². The van der Waals surface area contributed by atoms with Crippen LogP contribution < -0.4 is 43.4 Å². The van der Waals surface area contributed by atoms with Crippen molar-refractivity contribution in [3.63, 3.8) is 0 Å². The van der Waals surface area contributed by atoms with Gasteiger partial charge in [-0.1, -0.05) is 82.1 Å². The predicted molar refractivity (Wildman–Crippen MR) is 536 cm³/mol. The minimum atomic E-state index is -1.09. The van der Waals surface area contributed by atoms with Crippen molar-refractivity contribution in [1.82, 2.24) is 56.4 Å². The van der Waals surface area contributed by atoms with E-state index in [1.807, 2.05) is 76.2 Å². The molecule has 800 valence electrons. The van der Waals surface area contributed by atoms with Crippen LogP contribution in [-0.4, -0.2) is 376 Å². The molecule has 7 heterocycles. The molecule has 0 aromatic carbocycles. The zero-order valence-corrected chi connectivity index (χ0v) is 89.1. The first-order valence-corrected chi connectivity index (χ1v) is 46.9. The summed E-state index contributed by atoms with van der Waals surface area (Å²) in [6.45, 7) is 74.5. The van der Waals surface area contributed by atoms with Gasteiger partial charge in [0, 0.05) is 142 Å². The fourth-order valence-electron chi connectivity index (χ4n) is 12.6. The second kappa shape index (κ2) is 79.0. The van der Waals surface area contributed by atoms with Gasteiger partial charge in [-0.15, -0.1) is 37.2 Å². The molecule has 7 aliphatic rings. The minimum absolute atomic E-state index is 0. The fourth-order valence-corrected chi connectivity index (χ4v) is 12.6. The van der Waals surface area contributed by atoms with Crippen LogP contribution in [0.15, 0.2) is 0 Å². The number of amides is 6. The summed E-state index contributed by atoms with van der Waals surface area (Å²) >= 11 is 0. The van der Waals surface area contributed by atoms with Crippen LogP contribution in [-0.2, 0) is 80.8 Å². The van der Waals surface area contributed by atoms with E-state index >= 15 is 0 Å². The van der Waals surface area contributed by atoms with E-state index in [9.17, 15) is 52.3 Å². The largest absolute Gasteiger partial charge is 0.480 e. The fraction of sp³-hybridized carbons (Fsp3) is 0.892. The lowest BCUT2D eigenvalue weighted by molar-refractivity contribution is -0.141. The summed E-state index contributed by atoms with van der Waals surface area (Å²) in [6, 6.07) is -2.78. The number of alkyl halides is 1. The molecule has 0 aromatic heterocycles. The van der Waals surface area contributed by atoms with Crippen LogP contribution in [0.25, 0.3) is 0 Å². The van der Waals surface area contributed by atoms with Gasteiger partial charge in [-0.3, -0.25) is 43.2 Å². The maximum atomic E-state index is 12.8. The Morgan fingerprint density at radius 3 is 1.01 bits per heavy atom. The van der Waals surface area contributed by atoms with E-state index in [1.54, 1.807) is 81.1 Å². The highest BCUT2D eigenvalue weighted by Gasteiger charge is 2.33. The quantitative estimate of drug-likeness (QED) is 0.0257. The monoisotopic (exact) mass is 2010 g/mol. The van der Waals surface area contributed by atoms with E-state index in [0.717, 1.165) is 190 Å². The molecular formula is C93H188BCl3FN13O24. The number of hydrogen-bond acceptors (Lipinski definition) is 29. The summed E-state index contributed by atoms with van der Waals surface area (Å²) < 4.78 is 77.2. The molecular weight excluding hydrogens is 1820 g/mol. The number of nitrogens with two attached hydrogens (primary N) is 2. The standard InChI is InChI=1S/C19H36N2O4.C14H28N2O2.C12H22N2O4.C12H24N2O3.C11H21NO4.C8H15NO4.C7H16N2O.C4H7BO.C4H9NO.CH3F.CH4.3ClH/c1-7-15(3)17(20-18(23)25-19(4,5)6)16(22)12-14(2)13-21-8-10-24-11-9-21;1-4-12(3)14(15)13(17)9-11(2)10-16-5-7-18-8-6-16;1-9(13-11(16)18-12(2,3)4)10(15)14-5-7-17-8-6-14;1-10(9-14-5-7-16-8-6-14)13-11(15)17-12(2,3)4;1-6-7(2)8(9(13)14)12-10(15)16-11(3,4)5;1-5(6(10)11)9-7(12)13-8(2,3)4;1-7(8)6-9-2-4-10-5-3-9;5-4-2-1-3-6-4;1-3-6-4-2-5-1;1-2;;;;/h14-15,17H,7-13H2,1-6H3,(H,20,23);11-12,14H,4-10,15H2,1-3H3;9H,5-8H2,1-4H3,(H,13,16);10H,5-9H2,1-4H3,(H,13,15);7-8H,6H2,1-5H3,(H,12,15)(H,13,14);5H,1-4H3,(H,9,12)(H,10,11);7H,2-6,8H2,1H3;4H,1-3H2;5H,1-4H2;1H3;1H4;3*1H/t14-,15+,17+;11-,12+,14+;9-;10-;7-,8-;5-;7-;;;;;;;/m1100000......./s1/i;;;;;;;;;1D;;;;. The topological polar surface area (TPSA) is 462 Å². The van der Waals surface area contributed by atoms with Crippen molar-refractivity contribution < 1.29 is 121 Å². The summed E-state index contributed by atoms with van der Waals surface area (Å²) in [5, 5.41) is 33.3. The molecule has 7 rings (SSSR count). The smallest absolute Gasteiger partial charge is 0.408 e. The van der Waals surface area contributed by atoms with Crippen molar-refractivity contribution in [2.75, 3.05) is 198 Å². The number of hydrogen-bond donors (Lipinski definition) is 10. The Hall–Kier alpha value is -5.60. The van der Waals surface area contributed by atoms with Gasteiger partial charge >= 0.3 is 42.4 Å². The summed E-state index contributed by atoms with van der Waals surface area (Å²) in [5.74, 6) is -1.08. The number of nitrogens with one attached hydrogen (secondary N) is 6. The number of Topliss-reactive ketones (excluding diaryl/α,β-unsaturated/α-hetero) is 2. The lowest BCUT2D eigenvalue weighted by atomic mass is 9.90. The molecule has 42 heteroatoms. The second-order valence-electron chi connectivity index (χ2n) is 38.9. The number of aliphatic carboxylic acids is 2. The zero-order chi connectivity index (χ0) is 102. The third-order valence-electron chi connectivity index (χ3n) is 19.8. The number of morpholine rings is 6. The van der Waals surface area contributed by atoms with E-state index < -0.39 is 95.6 Å². The van der Waals surface area contributed by atoms with Gasteiger partial charge in [0.15, 0.2) is 5.78 Å². The third kappa shape index (κ3) is 81.8. The second-order valence-corrected chi connectivity index (χ2v) is 38.9. The van der Waals surface area contributed by atoms with Crippen molar-refractivity contribution in [2.24, 2.45) is 41.1 Å². The lowest BCUT2D eigenvalue weighted by Gasteiger charge is -2.30. The summed E-state index contributed by atoms with van der Waals surface area (Å²) in [5.41, 5.74) is 8.80. The predicted octanol–water partition coefficient (Wildman–Crippen LogP) is 11.2. The molecule has 12 N–H and O–H groups in total. The van der Waals surface area contributed by atoms with Gasteiger partial charge in [0.25, 0.3) is 0 Å². The molecule has 13 atom stereocenters. The van der Waals surface area contributed by atoms with Gasteiger partial charge in [0.1, 0.15) is 59.8 Å². The molecule has 0 saturated carbocycles. The molecule has 7 aliphatic heterocycles. The van der Waals surface area contributed by atoms with Gasteiger partial charge in [0.2, 0.25) is 5.91 Å². The summed E-state index contributed by atoms with van der Waals surface area (Å²) in [4.78, 5) is 127. The Morgan fingerprint density at radius 2 is 0.726 bits per heavy atom. The molecule has 7 saturated heterocycles. The molecule has 0 spiro atoms. The maximum Gasteiger partial charge on any atom is 0.408 e. The molecule has 37 nitrogen and oxygen atoms in total. The van der Waals surface area contributed by atoms with E-state index in [0.29, 0.717) is 51.5 Å². The summed E-state index contributed by atoms with van der Waals surface area (Å²) in [6.07, 6.45) is 2.85. The number of carbonyl (C=O) groups is 10. The first-order chi connectivity index (χ1) is 61.3. The Morgan fingerprint density at radius 1 is 0.430 bits per heavy atom. The van der Waals surface area contributed by atoms with E-state index in [2.05, 4.69) is 79.2 Å². The molecule has 0 bridgehead atoms. The van der Waals surface area contributed by atoms with Crippen LogP contribution in [0.2, 0.25) is 0 Å². The summed E-state index contributed by atoms with van der Waals surface area (Å²) in [7, 11) is 4.31. The van der Waals surface area contributed by atoms with Crippen LogP contribution in [0, 0.1) is 29.6 Å². The van der Waals surface area contributed by atoms with Crippen LogP contribution in [0.5, 0.6) is 0 Å². The first kappa shape index (κ1) is 140. The van der Waals surface area contributed by atoms with Crippen molar-refractivity contribution in [1.29, 1.82) is 0 Å². The molecule has 6 amide bonds. The highest BCUT2D eigenvalue weighted by Crippen LogP contribution is 2.20. The molecule has 135 heavy (non-hydrogen) atoms. The minimum Gasteiger partial charge on any atom is -0.480 e. The van der Waals surface area contributed by atoms with Gasteiger partial charge in [-0.05, 0) is 174 Å². The van der Waals surface area contributed by atoms with Crippen LogP contribution in [0.4, 0.5) is 28.4 Å². The van der Waals surface area contributed by atoms with Crippen molar-refractivity contribution >= 4 is 105 Å². The van der Waals surface area contributed by atoms with E-state index in [1.165, 1.54) is 6.92 Å². The Kier molecular flexibility index (Phi) is 82.0. The molecule has 1 unspecified atom stereocenters. The number of ketones is 2.